The van der Waals surface area contributed by atoms with Crippen molar-refractivity contribution in [2.24, 2.45) is 11.7 Å². The number of hydrogen-bond donors (Lipinski definition) is 1. The lowest BCUT2D eigenvalue weighted by atomic mass is 9.83. The van der Waals surface area contributed by atoms with Crippen molar-refractivity contribution in [2.75, 3.05) is 0 Å². The Labute approximate surface area is 81.9 Å². The SMILES string of the molecule is NC(=O)C1CCc2cc(F)ccc2C1. The van der Waals surface area contributed by atoms with E-state index in [9.17, 15) is 9.18 Å². The Hall–Kier alpha value is -1.38. The number of aryl methyl sites for hydroxylation is 1. The summed E-state index contributed by atoms with van der Waals surface area (Å²) in [5.74, 6) is -0.533. The Balaban J connectivity index is 2.27. The Morgan fingerprint density at radius 3 is 2.93 bits per heavy atom. The van der Waals surface area contributed by atoms with Gasteiger partial charge in [-0.3, -0.25) is 4.79 Å². The first-order valence-corrected chi connectivity index (χ1v) is 4.73. The van der Waals surface area contributed by atoms with E-state index >= 15 is 0 Å². The quantitative estimate of drug-likeness (QED) is 0.720. The van der Waals surface area contributed by atoms with Crippen LogP contribution < -0.4 is 5.73 Å². The fourth-order valence-corrected chi connectivity index (χ4v) is 1.97. The molecule has 0 aliphatic heterocycles. The van der Waals surface area contributed by atoms with Gasteiger partial charge in [-0.25, -0.2) is 4.39 Å². The average molecular weight is 193 g/mol. The highest BCUT2D eigenvalue weighted by molar-refractivity contribution is 5.77. The van der Waals surface area contributed by atoms with E-state index in [0.29, 0.717) is 6.42 Å². The zero-order valence-corrected chi connectivity index (χ0v) is 7.79. The molecule has 0 spiro atoms. The van der Waals surface area contributed by atoms with Crippen LogP contribution in [0.1, 0.15) is 17.5 Å². The third kappa shape index (κ3) is 1.62. The Kier molecular flexibility index (Phi) is 2.23. The molecule has 2 nitrogen and oxygen atoms in total. The van der Waals surface area contributed by atoms with Crippen LogP contribution in [0.3, 0.4) is 0 Å². The molecule has 1 aromatic carbocycles. The summed E-state index contributed by atoms with van der Waals surface area (Å²) in [6.45, 7) is 0. The maximum absolute atomic E-state index is 12.9. The lowest BCUT2D eigenvalue weighted by Gasteiger charge is -2.21. The third-order valence-electron chi connectivity index (χ3n) is 2.80. The van der Waals surface area contributed by atoms with Crippen molar-refractivity contribution >= 4 is 5.91 Å². The van der Waals surface area contributed by atoms with E-state index in [1.165, 1.54) is 6.07 Å². The summed E-state index contributed by atoms with van der Waals surface area (Å²) in [6, 6.07) is 4.73. The number of primary amides is 1. The van der Waals surface area contributed by atoms with Gasteiger partial charge in [-0.2, -0.15) is 0 Å². The molecule has 0 saturated heterocycles. The molecule has 1 unspecified atom stereocenters. The minimum absolute atomic E-state index is 0.0760. The van der Waals surface area contributed by atoms with Gasteiger partial charge in [0.05, 0.1) is 0 Å². The maximum Gasteiger partial charge on any atom is 0.220 e. The van der Waals surface area contributed by atoms with E-state index in [4.69, 9.17) is 5.73 Å². The second-order valence-electron chi connectivity index (χ2n) is 3.76. The molecule has 1 aliphatic carbocycles. The molecule has 74 valence electrons. The Morgan fingerprint density at radius 2 is 2.21 bits per heavy atom. The van der Waals surface area contributed by atoms with Crippen LogP contribution in [0.4, 0.5) is 4.39 Å². The van der Waals surface area contributed by atoms with E-state index in [0.717, 1.165) is 24.0 Å². The summed E-state index contributed by atoms with van der Waals surface area (Å²) in [7, 11) is 0. The van der Waals surface area contributed by atoms with Crippen molar-refractivity contribution in [2.45, 2.75) is 19.3 Å². The molecule has 1 aliphatic rings. The number of carbonyl (C=O) groups is 1. The number of carbonyl (C=O) groups excluding carboxylic acids is 1. The summed E-state index contributed by atoms with van der Waals surface area (Å²) in [4.78, 5) is 11.0. The molecule has 0 aromatic heterocycles. The van der Waals surface area contributed by atoms with Gasteiger partial charge in [-0.15, -0.1) is 0 Å². The number of halogens is 1. The monoisotopic (exact) mass is 193 g/mol. The van der Waals surface area contributed by atoms with Gasteiger partial charge < -0.3 is 5.73 Å². The predicted octanol–water partition coefficient (Wildman–Crippen LogP) is 1.42. The van der Waals surface area contributed by atoms with Gasteiger partial charge in [0.25, 0.3) is 0 Å². The first-order valence-electron chi connectivity index (χ1n) is 4.73. The van der Waals surface area contributed by atoms with Crippen LogP contribution in [0.25, 0.3) is 0 Å². The molecule has 14 heavy (non-hydrogen) atoms. The number of fused-ring (bicyclic) bond motifs is 1. The molecular weight excluding hydrogens is 181 g/mol. The van der Waals surface area contributed by atoms with E-state index in [1.54, 1.807) is 12.1 Å². The summed E-state index contributed by atoms with van der Waals surface area (Å²) < 4.78 is 12.9. The zero-order chi connectivity index (χ0) is 10.1. The topological polar surface area (TPSA) is 43.1 Å². The molecule has 0 radical (unpaired) electrons. The third-order valence-corrected chi connectivity index (χ3v) is 2.80. The lowest BCUT2D eigenvalue weighted by Crippen LogP contribution is -2.28. The van der Waals surface area contributed by atoms with Gasteiger partial charge in [-0.05, 0) is 42.5 Å². The molecule has 1 aromatic rings. The Morgan fingerprint density at radius 1 is 1.43 bits per heavy atom. The van der Waals surface area contributed by atoms with Crippen molar-refractivity contribution in [3.63, 3.8) is 0 Å². The minimum Gasteiger partial charge on any atom is -0.369 e. The summed E-state index contributed by atoms with van der Waals surface area (Å²) >= 11 is 0. The number of amides is 1. The van der Waals surface area contributed by atoms with E-state index < -0.39 is 0 Å². The highest BCUT2D eigenvalue weighted by Gasteiger charge is 2.22. The van der Waals surface area contributed by atoms with Crippen LogP contribution in [-0.2, 0) is 17.6 Å². The molecule has 1 amide bonds. The van der Waals surface area contributed by atoms with Crippen molar-refractivity contribution < 1.29 is 9.18 Å². The zero-order valence-electron chi connectivity index (χ0n) is 7.79. The van der Waals surface area contributed by atoms with Gasteiger partial charge in [0.2, 0.25) is 5.91 Å². The molecule has 0 heterocycles. The van der Waals surface area contributed by atoms with Crippen molar-refractivity contribution in [3.8, 4) is 0 Å². The van der Waals surface area contributed by atoms with E-state index in [-0.39, 0.29) is 17.6 Å². The maximum atomic E-state index is 12.9. The van der Waals surface area contributed by atoms with Gasteiger partial charge in [0.15, 0.2) is 0 Å². The van der Waals surface area contributed by atoms with E-state index in [1.807, 2.05) is 0 Å². The molecule has 0 saturated carbocycles. The smallest absolute Gasteiger partial charge is 0.220 e. The molecule has 2 N–H and O–H groups in total. The minimum atomic E-state index is -0.250. The van der Waals surface area contributed by atoms with Crippen LogP contribution in [0.15, 0.2) is 18.2 Å². The Bertz CT molecular complexity index is 376. The van der Waals surface area contributed by atoms with Gasteiger partial charge in [-0.1, -0.05) is 6.07 Å². The second-order valence-corrected chi connectivity index (χ2v) is 3.76. The van der Waals surface area contributed by atoms with E-state index in [2.05, 4.69) is 0 Å². The fraction of sp³-hybridized carbons (Fsp3) is 0.364. The summed E-state index contributed by atoms with van der Waals surface area (Å²) in [5.41, 5.74) is 7.31. The van der Waals surface area contributed by atoms with Crippen LogP contribution in [-0.4, -0.2) is 5.91 Å². The summed E-state index contributed by atoms with van der Waals surface area (Å²) in [5, 5.41) is 0. The number of nitrogens with two attached hydrogens (primary N) is 1. The predicted molar refractivity (Wildman–Crippen MR) is 51.1 cm³/mol. The van der Waals surface area contributed by atoms with Gasteiger partial charge in [0, 0.05) is 5.92 Å². The number of rotatable bonds is 1. The molecule has 0 fully saturated rings. The van der Waals surface area contributed by atoms with Crippen molar-refractivity contribution in [1.82, 2.24) is 0 Å². The van der Waals surface area contributed by atoms with Crippen molar-refractivity contribution in [1.29, 1.82) is 0 Å². The van der Waals surface area contributed by atoms with Gasteiger partial charge >= 0.3 is 0 Å². The number of benzene rings is 1. The fourth-order valence-electron chi connectivity index (χ4n) is 1.97. The molecule has 2 rings (SSSR count). The molecular formula is C11H12FNO. The standard InChI is InChI=1S/C11H12FNO/c12-10-4-3-7-5-9(11(13)14)2-1-8(7)6-10/h3-4,6,9H,1-2,5H2,(H2,13,14). The molecule has 1 atom stereocenters. The highest BCUT2D eigenvalue weighted by atomic mass is 19.1. The van der Waals surface area contributed by atoms with Crippen LogP contribution in [0, 0.1) is 11.7 Å². The van der Waals surface area contributed by atoms with Crippen molar-refractivity contribution in [3.05, 3.63) is 35.1 Å². The van der Waals surface area contributed by atoms with Gasteiger partial charge in [0.1, 0.15) is 5.82 Å². The first kappa shape index (κ1) is 9.19. The van der Waals surface area contributed by atoms with Crippen LogP contribution in [0.2, 0.25) is 0 Å². The molecule has 3 heteroatoms. The normalized spacial score (nSPS) is 20.2. The largest absolute Gasteiger partial charge is 0.369 e. The summed E-state index contributed by atoms with van der Waals surface area (Å²) in [6.07, 6.45) is 2.15. The number of hydrogen-bond acceptors (Lipinski definition) is 1. The lowest BCUT2D eigenvalue weighted by molar-refractivity contribution is -0.122. The second kappa shape index (κ2) is 3.40. The molecule has 0 bridgehead atoms. The highest BCUT2D eigenvalue weighted by Crippen LogP contribution is 2.25. The average Bonchev–Trinajstić information content (AvgIpc) is 2.16. The van der Waals surface area contributed by atoms with Crippen LogP contribution >= 0.6 is 0 Å². The van der Waals surface area contributed by atoms with Crippen LogP contribution in [0.5, 0.6) is 0 Å². The first-order chi connectivity index (χ1) is 6.66.